The zero-order valence-corrected chi connectivity index (χ0v) is 9.25. The molecule has 3 nitrogen and oxygen atoms in total. The summed E-state index contributed by atoms with van der Waals surface area (Å²) in [4.78, 5) is 11.5. The Hall–Kier alpha value is -0.570. The van der Waals surface area contributed by atoms with E-state index in [1.165, 1.54) is 12.8 Å². The number of carbonyl (C=O) groups excluding carboxylic acids is 1. The van der Waals surface area contributed by atoms with E-state index in [2.05, 4.69) is 5.32 Å². The van der Waals surface area contributed by atoms with Gasteiger partial charge in [0.2, 0.25) is 5.91 Å². The van der Waals surface area contributed by atoms with Crippen LogP contribution in [0.25, 0.3) is 0 Å². The molecule has 2 unspecified atom stereocenters. The molecule has 3 N–H and O–H groups in total. The first-order valence-electron chi connectivity index (χ1n) is 5.64. The minimum atomic E-state index is 0.155. The Bertz CT molecular complexity index is 192. The Labute approximate surface area is 86.4 Å². The molecule has 82 valence electrons. The smallest absolute Gasteiger partial charge is 0.220 e. The molecule has 1 aliphatic carbocycles. The van der Waals surface area contributed by atoms with Crippen LogP contribution in [-0.4, -0.2) is 18.0 Å². The fraction of sp³-hybridized carbons (Fsp3) is 0.909. The summed E-state index contributed by atoms with van der Waals surface area (Å²) in [5.41, 5.74) is 5.98. The first-order valence-corrected chi connectivity index (χ1v) is 5.64. The van der Waals surface area contributed by atoms with E-state index in [0.717, 1.165) is 12.8 Å². The fourth-order valence-electron chi connectivity index (χ4n) is 2.11. The van der Waals surface area contributed by atoms with Gasteiger partial charge in [0.15, 0.2) is 0 Å². The first-order chi connectivity index (χ1) is 6.59. The summed E-state index contributed by atoms with van der Waals surface area (Å²) in [5.74, 6) is 0.560. The Morgan fingerprint density at radius 2 is 2.07 bits per heavy atom. The summed E-state index contributed by atoms with van der Waals surface area (Å²) in [6, 6.07) is 0.476. The van der Waals surface area contributed by atoms with Crippen LogP contribution in [0.15, 0.2) is 0 Å². The number of hydrogen-bond acceptors (Lipinski definition) is 2. The number of nitrogens with two attached hydrogens (primary N) is 1. The molecule has 3 heteroatoms. The number of nitrogens with one attached hydrogen (secondary N) is 1. The first kappa shape index (κ1) is 11.5. The second kappa shape index (κ2) is 5.35. The molecule has 14 heavy (non-hydrogen) atoms. The van der Waals surface area contributed by atoms with Crippen LogP contribution in [0.1, 0.15) is 46.0 Å². The molecule has 1 rings (SSSR count). The third kappa shape index (κ3) is 3.66. The van der Waals surface area contributed by atoms with Crippen molar-refractivity contribution >= 4 is 5.91 Å². The van der Waals surface area contributed by atoms with Gasteiger partial charge in [-0.05, 0) is 32.6 Å². The fourth-order valence-corrected chi connectivity index (χ4v) is 2.11. The Morgan fingerprint density at radius 3 is 2.64 bits per heavy atom. The number of carbonyl (C=O) groups is 1. The van der Waals surface area contributed by atoms with E-state index >= 15 is 0 Å². The van der Waals surface area contributed by atoms with Gasteiger partial charge in [0, 0.05) is 18.5 Å². The van der Waals surface area contributed by atoms with E-state index in [1.807, 2.05) is 13.8 Å². The van der Waals surface area contributed by atoms with Crippen LogP contribution in [-0.2, 0) is 4.79 Å². The highest BCUT2D eigenvalue weighted by atomic mass is 16.1. The molecule has 2 atom stereocenters. The largest absolute Gasteiger partial charge is 0.354 e. The van der Waals surface area contributed by atoms with Crippen LogP contribution in [0.5, 0.6) is 0 Å². The molecule has 0 radical (unpaired) electrons. The van der Waals surface area contributed by atoms with E-state index in [-0.39, 0.29) is 18.0 Å². The average molecular weight is 198 g/mol. The summed E-state index contributed by atoms with van der Waals surface area (Å²) in [6.45, 7) is 3.97. The molecule has 1 amide bonds. The molecule has 1 fully saturated rings. The maximum Gasteiger partial charge on any atom is 0.220 e. The lowest BCUT2D eigenvalue weighted by atomic mass is 9.83. The van der Waals surface area contributed by atoms with Crippen LogP contribution in [0.4, 0.5) is 0 Å². The number of rotatable bonds is 3. The molecule has 0 spiro atoms. The van der Waals surface area contributed by atoms with Crippen LogP contribution in [0.3, 0.4) is 0 Å². The summed E-state index contributed by atoms with van der Waals surface area (Å²) >= 11 is 0. The molecule has 0 aliphatic heterocycles. The van der Waals surface area contributed by atoms with E-state index < -0.39 is 0 Å². The van der Waals surface area contributed by atoms with Gasteiger partial charge in [0.05, 0.1) is 0 Å². The van der Waals surface area contributed by atoms with Crippen LogP contribution < -0.4 is 11.1 Å². The monoisotopic (exact) mass is 198 g/mol. The quantitative estimate of drug-likeness (QED) is 0.720. The van der Waals surface area contributed by atoms with E-state index in [1.54, 1.807) is 0 Å². The van der Waals surface area contributed by atoms with Gasteiger partial charge in [0.1, 0.15) is 0 Å². The van der Waals surface area contributed by atoms with Crippen molar-refractivity contribution < 1.29 is 4.79 Å². The standard InChI is InChI=1S/C11H22N2O/c1-8(2)13-11(14)7-9-5-3-4-6-10(9)12/h8-10H,3-7,12H2,1-2H3,(H,13,14). The second-order valence-electron chi connectivity index (χ2n) is 4.63. The van der Waals surface area contributed by atoms with Crippen LogP contribution in [0.2, 0.25) is 0 Å². The van der Waals surface area contributed by atoms with Crippen molar-refractivity contribution in [3.05, 3.63) is 0 Å². The number of amides is 1. The summed E-state index contributed by atoms with van der Waals surface area (Å²) in [6.07, 6.45) is 5.27. The lowest BCUT2D eigenvalue weighted by Gasteiger charge is -2.28. The van der Waals surface area contributed by atoms with Gasteiger partial charge in [-0.1, -0.05) is 12.8 Å². The third-order valence-corrected chi connectivity index (χ3v) is 2.87. The average Bonchev–Trinajstić information content (AvgIpc) is 2.07. The van der Waals surface area contributed by atoms with Gasteiger partial charge >= 0.3 is 0 Å². The van der Waals surface area contributed by atoms with Gasteiger partial charge < -0.3 is 11.1 Å². The minimum absolute atomic E-state index is 0.155. The number of hydrogen-bond donors (Lipinski definition) is 2. The van der Waals surface area contributed by atoms with Crippen molar-refractivity contribution in [2.75, 3.05) is 0 Å². The zero-order valence-electron chi connectivity index (χ0n) is 9.25. The molecule has 0 bridgehead atoms. The minimum Gasteiger partial charge on any atom is -0.354 e. The Balaban J connectivity index is 2.31. The van der Waals surface area contributed by atoms with Crippen LogP contribution in [0, 0.1) is 5.92 Å². The molecular formula is C11H22N2O. The van der Waals surface area contributed by atoms with Gasteiger partial charge in [-0.25, -0.2) is 0 Å². The van der Waals surface area contributed by atoms with Crippen molar-refractivity contribution in [3.8, 4) is 0 Å². The molecular weight excluding hydrogens is 176 g/mol. The summed E-state index contributed by atoms with van der Waals surface area (Å²) in [5, 5.41) is 2.92. The lowest BCUT2D eigenvalue weighted by molar-refractivity contribution is -0.122. The molecule has 0 aromatic heterocycles. The van der Waals surface area contributed by atoms with E-state index in [4.69, 9.17) is 5.73 Å². The highest BCUT2D eigenvalue weighted by Gasteiger charge is 2.24. The molecule has 1 aliphatic rings. The van der Waals surface area contributed by atoms with Gasteiger partial charge in [0.25, 0.3) is 0 Å². The molecule has 0 heterocycles. The summed E-state index contributed by atoms with van der Waals surface area (Å²) < 4.78 is 0. The van der Waals surface area contributed by atoms with Gasteiger partial charge in [-0.2, -0.15) is 0 Å². The Morgan fingerprint density at radius 1 is 1.43 bits per heavy atom. The second-order valence-corrected chi connectivity index (χ2v) is 4.63. The topological polar surface area (TPSA) is 55.1 Å². The highest BCUT2D eigenvalue weighted by molar-refractivity contribution is 5.76. The predicted molar refractivity (Wildman–Crippen MR) is 57.8 cm³/mol. The molecule has 0 aromatic carbocycles. The molecule has 0 saturated heterocycles. The third-order valence-electron chi connectivity index (χ3n) is 2.87. The highest BCUT2D eigenvalue weighted by Crippen LogP contribution is 2.25. The Kier molecular flexibility index (Phi) is 4.39. The van der Waals surface area contributed by atoms with E-state index in [0.29, 0.717) is 12.3 Å². The maximum atomic E-state index is 11.5. The van der Waals surface area contributed by atoms with Crippen LogP contribution >= 0.6 is 0 Å². The normalized spacial score (nSPS) is 27.7. The van der Waals surface area contributed by atoms with E-state index in [9.17, 15) is 4.79 Å². The van der Waals surface area contributed by atoms with Crippen molar-refractivity contribution in [3.63, 3.8) is 0 Å². The van der Waals surface area contributed by atoms with Crippen molar-refractivity contribution in [2.24, 2.45) is 11.7 Å². The van der Waals surface area contributed by atoms with Gasteiger partial charge in [-0.3, -0.25) is 4.79 Å². The maximum absolute atomic E-state index is 11.5. The predicted octanol–water partition coefficient (Wildman–Crippen LogP) is 1.42. The molecule has 0 aromatic rings. The lowest BCUT2D eigenvalue weighted by Crippen LogP contribution is -2.38. The van der Waals surface area contributed by atoms with Crippen molar-refractivity contribution in [1.29, 1.82) is 0 Å². The van der Waals surface area contributed by atoms with Gasteiger partial charge in [-0.15, -0.1) is 0 Å². The van der Waals surface area contributed by atoms with Crippen molar-refractivity contribution in [2.45, 2.75) is 58.0 Å². The van der Waals surface area contributed by atoms with Crippen molar-refractivity contribution in [1.82, 2.24) is 5.32 Å². The SMILES string of the molecule is CC(C)NC(=O)CC1CCCCC1N. The zero-order chi connectivity index (χ0) is 10.6. The molecule has 1 saturated carbocycles. The summed E-state index contributed by atoms with van der Waals surface area (Å²) in [7, 11) is 0.